The zero-order valence-electron chi connectivity index (χ0n) is 13.7. The predicted molar refractivity (Wildman–Crippen MR) is 96.8 cm³/mol. The van der Waals surface area contributed by atoms with Crippen LogP contribution in [0.25, 0.3) is 0 Å². The monoisotopic (exact) mass is 360 g/mol. The third kappa shape index (κ3) is 6.58. The maximum absolute atomic E-state index is 12.0. The van der Waals surface area contributed by atoms with E-state index in [4.69, 9.17) is 16.3 Å². The van der Waals surface area contributed by atoms with Gasteiger partial charge in [0, 0.05) is 23.5 Å². The van der Waals surface area contributed by atoms with Gasteiger partial charge in [-0.3, -0.25) is 4.79 Å². The second-order valence-electron chi connectivity index (χ2n) is 5.92. The van der Waals surface area contributed by atoms with Crippen molar-refractivity contribution in [3.63, 3.8) is 0 Å². The topological polar surface area (TPSA) is 50.4 Å². The Bertz CT molecular complexity index is 511. The Morgan fingerprint density at radius 3 is 2.96 bits per heavy atom. The van der Waals surface area contributed by atoms with E-state index in [1.807, 2.05) is 25.1 Å². The Balaban J connectivity index is 0.00000264. The predicted octanol–water partition coefficient (Wildman–Crippen LogP) is 3.49. The SMILES string of the molecule is Cc1cc(OCCCC(=O)NC2CCCNC2C)ccc1Cl.Cl. The first-order valence-corrected chi connectivity index (χ1v) is 8.36. The molecule has 0 aromatic heterocycles. The van der Waals surface area contributed by atoms with Crippen molar-refractivity contribution in [1.29, 1.82) is 0 Å². The minimum Gasteiger partial charge on any atom is -0.494 e. The Morgan fingerprint density at radius 1 is 1.48 bits per heavy atom. The first-order chi connectivity index (χ1) is 10.6. The number of nitrogens with one attached hydrogen (secondary N) is 2. The second kappa shape index (κ2) is 10.0. The van der Waals surface area contributed by atoms with Gasteiger partial charge in [0.05, 0.1) is 6.61 Å². The van der Waals surface area contributed by atoms with Crippen LogP contribution in [0.3, 0.4) is 0 Å². The van der Waals surface area contributed by atoms with Gasteiger partial charge in [-0.05, 0) is 63.4 Å². The molecule has 0 bridgehead atoms. The van der Waals surface area contributed by atoms with Crippen molar-refractivity contribution in [2.24, 2.45) is 0 Å². The standard InChI is InChI=1S/C17H25ClN2O2.ClH/c1-12-11-14(7-8-15(12)18)22-10-4-6-17(21)20-16-5-3-9-19-13(16)2;/h7-8,11,13,16,19H,3-6,9-10H2,1-2H3,(H,20,21);1H. The summed E-state index contributed by atoms with van der Waals surface area (Å²) in [6.45, 7) is 5.65. The van der Waals surface area contributed by atoms with Gasteiger partial charge >= 0.3 is 0 Å². The molecule has 130 valence electrons. The molecule has 1 heterocycles. The number of carbonyl (C=O) groups is 1. The third-order valence-corrected chi connectivity index (χ3v) is 4.48. The van der Waals surface area contributed by atoms with Crippen LogP contribution in [0.15, 0.2) is 18.2 Å². The number of piperidine rings is 1. The zero-order valence-corrected chi connectivity index (χ0v) is 15.3. The molecule has 1 aromatic carbocycles. The van der Waals surface area contributed by atoms with E-state index in [1.165, 1.54) is 0 Å². The van der Waals surface area contributed by atoms with Crippen LogP contribution in [0.1, 0.15) is 38.2 Å². The van der Waals surface area contributed by atoms with Gasteiger partial charge in [-0.2, -0.15) is 0 Å². The van der Waals surface area contributed by atoms with Gasteiger partial charge in [0.2, 0.25) is 5.91 Å². The molecule has 1 aliphatic heterocycles. The number of benzene rings is 1. The maximum Gasteiger partial charge on any atom is 0.220 e. The van der Waals surface area contributed by atoms with Crippen LogP contribution in [0.5, 0.6) is 5.75 Å². The van der Waals surface area contributed by atoms with Gasteiger partial charge in [0.25, 0.3) is 0 Å². The lowest BCUT2D eigenvalue weighted by Crippen LogP contribution is -2.51. The van der Waals surface area contributed by atoms with Crippen molar-refractivity contribution >= 4 is 29.9 Å². The number of ether oxygens (including phenoxy) is 1. The average Bonchev–Trinajstić information content (AvgIpc) is 2.49. The minimum atomic E-state index is 0. The first-order valence-electron chi connectivity index (χ1n) is 7.98. The maximum atomic E-state index is 12.0. The van der Waals surface area contributed by atoms with E-state index in [2.05, 4.69) is 17.6 Å². The molecule has 1 amide bonds. The van der Waals surface area contributed by atoms with E-state index in [-0.39, 0.29) is 24.4 Å². The number of amides is 1. The summed E-state index contributed by atoms with van der Waals surface area (Å²) in [7, 11) is 0. The van der Waals surface area contributed by atoms with Crippen LogP contribution >= 0.6 is 24.0 Å². The lowest BCUT2D eigenvalue weighted by atomic mass is 10.00. The molecule has 2 N–H and O–H groups in total. The Labute approximate surface area is 149 Å². The van der Waals surface area contributed by atoms with Crippen LogP contribution in [0, 0.1) is 6.92 Å². The number of hydrogen-bond donors (Lipinski definition) is 2. The molecule has 6 heteroatoms. The summed E-state index contributed by atoms with van der Waals surface area (Å²) in [5.74, 6) is 0.906. The van der Waals surface area contributed by atoms with Gasteiger partial charge < -0.3 is 15.4 Å². The molecule has 1 fully saturated rings. The first kappa shape index (κ1) is 20.1. The van der Waals surface area contributed by atoms with Gasteiger partial charge in [0.15, 0.2) is 0 Å². The number of rotatable bonds is 6. The Kier molecular flexibility index (Phi) is 8.74. The van der Waals surface area contributed by atoms with Crippen LogP contribution in [-0.2, 0) is 4.79 Å². The van der Waals surface area contributed by atoms with E-state index in [0.717, 1.165) is 35.7 Å². The van der Waals surface area contributed by atoms with Gasteiger partial charge in [-0.1, -0.05) is 11.6 Å². The highest BCUT2D eigenvalue weighted by molar-refractivity contribution is 6.31. The molecule has 0 radical (unpaired) electrons. The summed E-state index contributed by atoms with van der Waals surface area (Å²) in [4.78, 5) is 12.0. The number of halogens is 2. The minimum absolute atomic E-state index is 0. The average molecular weight is 361 g/mol. The molecule has 1 saturated heterocycles. The van der Waals surface area contributed by atoms with Crippen molar-refractivity contribution in [2.75, 3.05) is 13.2 Å². The van der Waals surface area contributed by atoms with Crippen molar-refractivity contribution in [1.82, 2.24) is 10.6 Å². The third-order valence-electron chi connectivity index (χ3n) is 4.05. The molecule has 2 unspecified atom stereocenters. The van der Waals surface area contributed by atoms with E-state index < -0.39 is 0 Å². The summed E-state index contributed by atoms with van der Waals surface area (Å²) in [6.07, 6.45) is 3.38. The largest absolute Gasteiger partial charge is 0.494 e. The second-order valence-corrected chi connectivity index (χ2v) is 6.33. The molecule has 23 heavy (non-hydrogen) atoms. The Morgan fingerprint density at radius 2 is 2.26 bits per heavy atom. The van der Waals surface area contributed by atoms with Gasteiger partial charge in [0.1, 0.15) is 5.75 Å². The summed E-state index contributed by atoms with van der Waals surface area (Å²) in [5.41, 5.74) is 0.996. The molecule has 2 rings (SSSR count). The van der Waals surface area contributed by atoms with Crippen LogP contribution < -0.4 is 15.4 Å². The molecule has 1 aromatic rings. The highest BCUT2D eigenvalue weighted by atomic mass is 35.5. The molecule has 0 aliphatic carbocycles. The van der Waals surface area contributed by atoms with E-state index >= 15 is 0 Å². The molecule has 0 spiro atoms. The van der Waals surface area contributed by atoms with Crippen LogP contribution in [-0.4, -0.2) is 31.1 Å². The van der Waals surface area contributed by atoms with Crippen molar-refractivity contribution < 1.29 is 9.53 Å². The Hall–Kier alpha value is -0.970. The lowest BCUT2D eigenvalue weighted by Gasteiger charge is -2.30. The fourth-order valence-corrected chi connectivity index (χ4v) is 2.77. The van der Waals surface area contributed by atoms with Crippen molar-refractivity contribution in [2.45, 2.75) is 51.6 Å². The van der Waals surface area contributed by atoms with Crippen LogP contribution in [0.4, 0.5) is 0 Å². The quantitative estimate of drug-likeness (QED) is 0.763. The molecular weight excluding hydrogens is 335 g/mol. The number of hydrogen-bond acceptors (Lipinski definition) is 3. The fourth-order valence-electron chi connectivity index (χ4n) is 2.65. The van der Waals surface area contributed by atoms with Crippen molar-refractivity contribution in [3.05, 3.63) is 28.8 Å². The summed E-state index contributed by atoms with van der Waals surface area (Å²) in [6, 6.07) is 6.20. The highest BCUT2D eigenvalue weighted by Crippen LogP contribution is 2.21. The zero-order chi connectivity index (χ0) is 15.9. The number of aryl methyl sites for hydroxylation is 1. The normalized spacial score (nSPS) is 20.5. The molecular formula is C17H26Cl2N2O2. The molecule has 1 aliphatic rings. The number of carbonyl (C=O) groups excluding carboxylic acids is 1. The molecule has 2 atom stereocenters. The van der Waals surface area contributed by atoms with Crippen molar-refractivity contribution in [3.8, 4) is 5.75 Å². The molecule has 4 nitrogen and oxygen atoms in total. The summed E-state index contributed by atoms with van der Waals surface area (Å²) < 4.78 is 5.65. The fraction of sp³-hybridized carbons (Fsp3) is 0.588. The lowest BCUT2D eigenvalue weighted by molar-refractivity contribution is -0.122. The summed E-state index contributed by atoms with van der Waals surface area (Å²) >= 11 is 5.97. The van der Waals surface area contributed by atoms with E-state index in [9.17, 15) is 4.79 Å². The summed E-state index contributed by atoms with van der Waals surface area (Å²) in [5, 5.41) is 7.23. The smallest absolute Gasteiger partial charge is 0.220 e. The van der Waals surface area contributed by atoms with E-state index in [0.29, 0.717) is 25.5 Å². The van der Waals surface area contributed by atoms with Gasteiger partial charge in [-0.25, -0.2) is 0 Å². The highest BCUT2D eigenvalue weighted by Gasteiger charge is 2.21. The van der Waals surface area contributed by atoms with E-state index in [1.54, 1.807) is 0 Å². The van der Waals surface area contributed by atoms with Gasteiger partial charge in [-0.15, -0.1) is 12.4 Å². The van der Waals surface area contributed by atoms with Crippen LogP contribution in [0.2, 0.25) is 5.02 Å². The molecule has 0 saturated carbocycles.